The number of anilines is 2. The summed E-state index contributed by atoms with van der Waals surface area (Å²) in [6, 6.07) is 3.08. The molecule has 1 aromatic carbocycles. The molecule has 2 aliphatic rings. The van der Waals surface area contributed by atoms with Crippen LogP contribution in [0.3, 0.4) is 0 Å². The fraction of sp³-hybridized carbons (Fsp3) is 0.400. The zero-order valence-corrected chi connectivity index (χ0v) is 11.9. The molecule has 1 aromatic heterocycles. The van der Waals surface area contributed by atoms with E-state index in [1.165, 1.54) is 6.07 Å². The van der Waals surface area contributed by atoms with Crippen molar-refractivity contribution in [1.29, 1.82) is 0 Å². The monoisotopic (exact) mass is 302 g/mol. The molecule has 6 nitrogen and oxygen atoms in total. The molecule has 0 radical (unpaired) electrons. The van der Waals surface area contributed by atoms with E-state index in [9.17, 15) is 9.18 Å². The minimum absolute atomic E-state index is 0.0768. The van der Waals surface area contributed by atoms with Crippen molar-refractivity contribution in [3.05, 3.63) is 35.2 Å². The maximum absolute atomic E-state index is 14.1. The van der Waals surface area contributed by atoms with Crippen LogP contribution in [0.25, 0.3) is 0 Å². The molecule has 7 heteroatoms. The van der Waals surface area contributed by atoms with Crippen LogP contribution in [0.15, 0.2) is 16.7 Å². The van der Waals surface area contributed by atoms with E-state index in [1.807, 2.05) is 0 Å². The van der Waals surface area contributed by atoms with Gasteiger partial charge in [-0.25, -0.2) is 4.39 Å². The first-order chi connectivity index (χ1) is 10.7. The van der Waals surface area contributed by atoms with Gasteiger partial charge in [0.25, 0.3) is 0 Å². The van der Waals surface area contributed by atoms with Crippen LogP contribution in [0.4, 0.5) is 15.8 Å². The summed E-state index contributed by atoms with van der Waals surface area (Å²) in [5, 5.41) is 9.56. The number of nitrogens with one attached hydrogen (secondary N) is 2. The average Bonchev–Trinajstić information content (AvgIpc) is 3.24. The van der Waals surface area contributed by atoms with Gasteiger partial charge in [-0.05, 0) is 37.0 Å². The maximum Gasteiger partial charge on any atom is 0.229 e. The highest BCUT2D eigenvalue weighted by Gasteiger charge is 2.29. The van der Waals surface area contributed by atoms with Gasteiger partial charge in [0.05, 0.1) is 12.2 Å². The smallest absolute Gasteiger partial charge is 0.229 e. The van der Waals surface area contributed by atoms with Crippen LogP contribution in [0.2, 0.25) is 0 Å². The van der Waals surface area contributed by atoms with Crippen molar-refractivity contribution in [1.82, 2.24) is 10.1 Å². The number of amides is 1. The Bertz CT molecular complexity index is 739. The molecule has 0 bridgehead atoms. The van der Waals surface area contributed by atoms with Gasteiger partial charge >= 0.3 is 0 Å². The summed E-state index contributed by atoms with van der Waals surface area (Å²) >= 11 is 0. The molecule has 2 N–H and O–H groups in total. The number of hydrogen-bond donors (Lipinski definition) is 2. The molecule has 1 saturated carbocycles. The maximum atomic E-state index is 14.1. The fourth-order valence-electron chi connectivity index (χ4n) is 2.55. The Morgan fingerprint density at radius 1 is 1.36 bits per heavy atom. The molecule has 1 fully saturated rings. The Kier molecular flexibility index (Phi) is 3.06. The first-order valence-electron chi connectivity index (χ1n) is 7.37. The number of aryl methyl sites for hydroxylation is 1. The zero-order chi connectivity index (χ0) is 15.1. The highest BCUT2D eigenvalue weighted by atomic mass is 19.1. The number of hydrogen-bond acceptors (Lipinski definition) is 5. The van der Waals surface area contributed by atoms with Crippen molar-refractivity contribution < 1.29 is 13.7 Å². The third kappa shape index (κ3) is 2.54. The SMILES string of the molecule is O=C1CCc2cc(NCc3noc(C4CC4)n3)c(F)cc2N1. The van der Waals surface area contributed by atoms with Gasteiger partial charge in [-0.15, -0.1) is 0 Å². The minimum Gasteiger partial charge on any atom is -0.375 e. The number of aromatic nitrogens is 2. The quantitative estimate of drug-likeness (QED) is 0.907. The second-order valence-electron chi connectivity index (χ2n) is 5.71. The number of rotatable bonds is 4. The van der Waals surface area contributed by atoms with Gasteiger partial charge in [0.2, 0.25) is 11.8 Å². The third-order valence-corrected chi connectivity index (χ3v) is 3.94. The van der Waals surface area contributed by atoms with E-state index in [1.54, 1.807) is 6.07 Å². The largest absolute Gasteiger partial charge is 0.375 e. The second kappa shape index (κ2) is 5.08. The lowest BCUT2D eigenvalue weighted by molar-refractivity contribution is -0.116. The van der Waals surface area contributed by atoms with Gasteiger partial charge in [0.1, 0.15) is 5.82 Å². The molecule has 0 spiro atoms. The lowest BCUT2D eigenvalue weighted by atomic mass is 10.0. The Morgan fingerprint density at radius 2 is 2.23 bits per heavy atom. The summed E-state index contributed by atoms with van der Waals surface area (Å²) in [5.41, 5.74) is 1.86. The van der Waals surface area contributed by atoms with Gasteiger partial charge in [0, 0.05) is 18.0 Å². The van der Waals surface area contributed by atoms with E-state index in [-0.39, 0.29) is 5.91 Å². The van der Waals surface area contributed by atoms with Gasteiger partial charge in [-0.1, -0.05) is 5.16 Å². The van der Waals surface area contributed by atoms with E-state index in [0.29, 0.717) is 48.4 Å². The van der Waals surface area contributed by atoms with Gasteiger partial charge < -0.3 is 15.2 Å². The lowest BCUT2D eigenvalue weighted by Crippen LogP contribution is -2.19. The van der Waals surface area contributed by atoms with Crippen molar-refractivity contribution in [3.8, 4) is 0 Å². The van der Waals surface area contributed by atoms with E-state index in [0.717, 1.165) is 18.4 Å². The summed E-state index contributed by atoms with van der Waals surface area (Å²) < 4.78 is 19.2. The van der Waals surface area contributed by atoms with Crippen LogP contribution in [0.1, 0.15) is 42.5 Å². The van der Waals surface area contributed by atoms with Crippen molar-refractivity contribution in [2.24, 2.45) is 0 Å². The lowest BCUT2D eigenvalue weighted by Gasteiger charge is -2.18. The number of fused-ring (bicyclic) bond motifs is 1. The van der Waals surface area contributed by atoms with Crippen LogP contribution in [-0.4, -0.2) is 16.0 Å². The Morgan fingerprint density at radius 3 is 3.05 bits per heavy atom. The highest BCUT2D eigenvalue weighted by molar-refractivity contribution is 5.94. The van der Waals surface area contributed by atoms with Gasteiger partial charge in [-0.3, -0.25) is 4.79 Å². The van der Waals surface area contributed by atoms with Crippen molar-refractivity contribution in [2.75, 3.05) is 10.6 Å². The number of nitrogens with zero attached hydrogens (tertiary/aromatic N) is 2. The summed E-state index contributed by atoms with van der Waals surface area (Å²) in [5.74, 6) is 1.11. The summed E-state index contributed by atoms with van der Waals surface area (Å²) in [7, 11) is 0. The van der Waals surface area contributed by atoms with E-state index < -0.39 is 5.82 Å². The van der Waals surface area contributed by atoms with Crippen LogP contribution in [-0.2, 0) is 17.8 Å². The van der Waals surface area contributed by atoms with Crippen LogP contribution in [0.5, 0.6) is 0 Å². The standard InChI is InChI=1S/C15H15FN4O2/c16-10-6-11-9(3-4-14(21)18-11)5-12(10)17-7-13-19-15(22-20-13)8-1-2-8/h5-6,8,17H,1-4,7H2,(H,18,21). The first-order valence-corrected chi connectivity index (χ1v) is 7.37. The first kappa shape index (κ1) is 13.2. The Hall–Kier alpha value is -2.44. The topological polar surface area (TPSA) is 80.1 Å². The number of carbonyl (C=O) groups excluding carboxylic acids is 1. The van der Waals surface area contributed by atoms with Crippen molar-refractivity contribution >= 4 is 17.3 Å². The molecule has 1 aliphatic carbocycles. The second-order valence-corrected chi connectivity index (χ2v) is 5.71. The molecule has 0 unspecified atom stereocenters. The van der Waals surface area contributed by atoms with Crippen molar-refractivity contribution in [3.63, 3.8) is 0 Å². The molecule has 4 rings (SSSR count). The molecular formula is C15H15FN4O2. The highest BCUT2D eigenvalue weighted by Crippen LogP contribution is 2.38. The molecule has 2 aromatic rings. The number of carbonyl (C=O) groups is 1. The van der Waals surface area contributed by atoms with Crippen LogP contribution >= 0.6 is 0 Å². The Balaban J connectivity index is 1.48. The van der Waals surface area contributed by atoms with Crippen LogP contribution in [0, 0.1) is 5.82 Å². The molecule has 114 valence electrons. The molecular weight excluding hydrogens is 287 g/mol. The van der Waals surface area contributed by atoms with Crippen LogP contribution < -0.4 is 10.6 Å². The fourth-order valence-corrected chi connectivity index (χ4v) is 2.55. The average molecular weight is 302 g/mol. The summed E-state index contributed by atoms with van der Waals surface area (Å²) in [4.78, 5) is 15.6. The molecule has 2 heterocycles. The third-order valence-electron chi connectivity index (χ3n) is 3.94. The molecule has 0 atom stereocenters. The normalized spacial score (nSPS) is 17.0. The molecule has 1 aliphatic heterocycles. The number of halogens is 1. The van der Waals surface area contributed by atoms with Gasteiger partial charge in [-0.2, -0.15) is 4.98 Å². The molecule has 1 amide bonds. The summed E-state index contributed by atoms with van der Waals surface area (Å²) in [6.45, 7) is 0.304. The van der Waals surface area contributed by atoms with Crippen molar-refractivity contribution in [2.45, 2.75) is 38.1 Å². The van der Waals surface area contributed by atoms with E-state index in [2.05, 4.69) is 20.8 Å². The molecule has 22 heavy (non-hydrogen) atoms. The van der Waals surface area contributed by atoms with E-state index >= 15 is 0 Å². The van der Waals surface area contributed by atoms with Gasteiger partial charge in [0.15, 0.2) is 5.82 Å². The summed E-state index contributed by atoms with van der Waals surface area (Å²) in [6.07, 6.45) is 3.23. The predicted octanol–water partition coefficient (Wildman–Crippen LogP) is 2.58. The molecule has 0 saturated heterocycles. The van der Waals surface area contributed by atoms with E-state index in [4.69, 9.17) is 4.52 Å². The number of benzene rings is 1. The zero-order valence-electron chi connectivity index (χ0n) is 11.9. The predicted molar refractivity (Wildman–Crippen MR) is 77.0 cm³/mol. The minimum atomic E-state index is -0.410. The Labute approximate surface area is 126 Å².